The SMILES string of the molecule is CC(C)C[C@H](NC(=O)CN)C(=O)N[C@@H](CC(C)C)C(=O)N[C@@H](CCCN=C(N)N)C(=O)N[C@H](CCCN=C(N)N)C(=O)N[C@@H](Cc1cnc[nH]1)C(=O)N[C@@H](CO)C(=O)O. The molecule has 0 aliphatic carbocycles. The molecule has 0 saturated heterocycles. The van der Waals surface area contributed by atoms with Crippen molar-refractivity contribution in [1.82, 2.24) is 41.9 Å². The van der Waals surface area contributed by atoms with Crippen molar-refractivity contribution < 1.29 is 43.8 Å². The number of carbonyl (C=O) groups excluding carboxylic acids is 6. The van der Waals surface area contributed by atoms with Gasteiger partial charge in [-0.1, -0.05) is 27.7 Å². The first kappa shape index (κ1) is 51.0. The van der Waals surface area contributed by atoms with Gasteiger partial charge in [0.05, 0.1) is 19.5 Å². The Morgan fingerprint density at radius 3 is 1.46 bits per heavy atom. The number of aliphatic carboxylic acids is 1. The van der Waals surface area contributed by atoms with Gasteiger partial charge in [0.15, 0.2) is 11.9 Å². The number of aliphatic hydroxyl groups is 1. The Morgan fingerprint density at radius 2 is 1.07 bits per heavy atom. The maximum absolute atomic E-state index is 14.1. The molecule has 1 aromatic rings. The van der Waals surface area contributed by atoms with E-state index < -0.39 is 84.3 Å². The van der Waals surface area contributed by atoms with Gasteiger partial charge < -0.3 is 75.8 Å². The quantitative estimate of drug-likeness (QED) is 0.0214. The summed E-state index contributed by atoms with van der Waals surface area (Å²) in [6, 6.07) is -7.94. The van der Waals surface area contributed by atoms with Crippen LogP contribution in [0.3, 0.4) is 0 Å². The van der Waals surface area contributed by atoms with E-state index >= 15 is 0 Å². The Hall–Kier alpha value is -6.04. The van der Waals surface area contributed by atoms with Crippen molar-refractivity contribution in [3.63, 3.8) is 0 Å². The van der Waals surface area contributed by atoms with Gasteiger partial charge in [-0.25, -0.2) is 9.78 Å². The van der Waals surface area contributed by atoms with Gasteiger partial charge in [-0.15, -0.1) is 0 Å². The Morgan fingerprint density at radius 1 is 0.661 bits per heavy atom. The number of nitrogens with zero attached hydrogens (tertiary/aromatic N) is 3. The smallest absolute Gasteiger partial charge is 0.328 e. The fourth-order valence-corrected chi connectivity index (χ4v) is 5.58. The van der Waals surface area contributed by atoms with Crippen LogP contribution in [0.4, 0.5) is 0 Å². The molecule has 0 aromatic carbocycles. The third-order valence-corrected chi connectivity index (χ3v) is 8.45. The molecule has 0 aliphatic heterocycles. The zero-order valence-electron chi connectivity index (χ0n) is 34.0. The molecule has 0 saturated carbocycles. The molecule has 24 nitrogen and oxygen atoms in total. The topological polar surface area (TPSA) is 416 Å². The lowest BCUT2D eigenvalue weighted by Crippen LogP contribution is -2.60. The van der Waals surface area contributed by atoms with Crippen LogP contribution < -0.4 is 60.6 Å². The van der Waals surface area contributed by atoms with Crippen molar-refractivity contribution in [3.05, 3.63) is 18.2 Å². The number of aliphatic hydroxyl groups excluding tert-OH is 1. The molecular formula is C35H63N15O9. The van der Waals surface area contributed by atoms with Crippen molar-refractivity contribution >= 4 is 53.3 Å². The van der Waals surface area contributed by atoms with Crippen LogP contribution in [-0.4, -0.2) is 136 Å². The van der Waals surface area contributed by atoms with Crippen LogP contribution in [-0.2, 0) is 40.0 Å². The second-order valence-electron chi connectivity index (χ2n) is 14.6. The number of nitrogens with two attached hydrogens (primary N) is 5. The van der Waals surface area contributed by atoms with Crippen LogP contribution >= 0.6 is 0 Å². The van der Waals surface area contributed by atoms with Gasteiger partial charge in [-0.05, 0) is 50.4 Å². The van der Waals surface area contributed by atoms with E-state index in [1.165, 1.54) is 12.5 Å². The van der Waals surface area contributed by atoms with E-state index in [0.717, 1.165) is 0 Å². The van der Waals surface area contributed by atoms with Gasteiger partial charge in [-0.2, -0.15) is 0 Å². The summed E-state index contributed by atoms with van der Waals surface area (Å²) in [4.78, 5) is 107. The van der Waals surface area contributed by atoms with Crippen molar-refractivity contribution in [2.24, 2.45) is 50.5 Å². The fraction of sp³-hybridized carbons (Fsp3) is 0.657. The van der Waals surface area contributed by atoms with Crippen LogP contribution in [0.15, 0.2) is 22.5 Å². The summed E-state index contributed by atoms with van der Waals surface area (Å²) in [7, 11) is 0. The number of guanidine groups is 2. The average molecular weight is 838 g/mol. The molecule has 0 bridgehead atoms. The van der Waals surface area contributed by atoms with Crippen molar-refractivity contribution in [3.8, 4) is 0 Å². The zero-order valence-corrected chi connectivity index (χ0v) is 34.0. The number of carbonyl (C=O) groups is 7. The summed E-state index contributed by atoms with van der Waals surface area (Å²) in [5.74, 6) is -6.64. The average Bonchev–Trinajstić information content (AvgIpc) is 3.67. The summed E-state index contributed by atoms with van der Waals surface area (Å²) in [5.41, 5.74) is 27.7. The summed E-state index contributed by atoms with van der Waals surface area (Å²) >= 11 is 0. The number of rotatable bonds is 28. The molecule has 6 atom stereocenters. The molecular weight excluding hydrogens is 774 g/mol. The van der Waals surface area contributed by atoms with Crippen LogP contribution in [0.25, 0.3) is 0 Å². The lowest BCUT2D eigenvalue weighted by atomic mass is 9.99. The number of hydrogen-bond acceptors (Lipinski definition) is 12. The van der Waals surface area contributed by atoms with E-state index in [0.29, 0.717) is 5.69 Å². The summed E-state index contributed by atoms with van der Waals surface area (Å²) in [6.45, 7) is 6.20. The highest BCUT2D eigenvalue weighted by atomic mass is 16.4. The minimum Gasteiger partial charge on any atom is -0.480 e. The summed E-state index contributed by atoms with van der Waals surface area (Å²) < 4.78 is 0. The first-order valence-electron chi connectivity index (χ1n) is 19.2. The van der Waals surface area contributed by atoms with Gasteiger partial charge in [0.25, 0.3) is 0 Å². The predicted octanol–water partition coefficient (Wildman–Crippen LogP) is -4.90. The molecule has 1 aromatic heterocycles. The van der Waals surface area contributed by atoms with Crippen LogP contribution in [0.2, 0.25) is 0 Å². The lowest BCUT2D eigenvalue weighted by Gasteiger charge is -2.28. The van der Waals surface area contributed by atoms with Crippen molar-refractivity contribution in [2.75, 3.05) is 26.2 Å². The summed E-state index contributed by atoms with van der Waals surface area (Å²) in [5, 5.41) is 34.1. The van der Waals surface area contributed by atoms with E-state index in [1.54, 1.807) is 0 Å². The molecule has 19 N–H and O–H groups in total. The number of aromatic amines is 1. The molecule has 0 unspecified atom stereocenters. The minimum absolute atomic E-state index is 0.0125. The molecule has 0 spiro atoms. The van der Waals surface area contributed by atoms with Gasteiger partial charge in [0.1, 0.15) is 36.3 Å². The fourth-order valence-electron chi connectivity index (χ4n) is 5.58. The zero-order chi connectivity index (χ0) is 44.7. The second-order valence-corrected chi connectivity index (χ2v) is 14.6. The number of aromatic nitrogens is 2. The second kappa shape index (κ2) is 26.8. The Labute approximate surface area is 342 Å². The number of hydrogen-bond donors (Lipinski definition) is 14. The Balaban J connectivity index is 3.50. The van der Waals surface area contributed by atoms with E-state index in [1.807, 2.05) is 27.7 Å². The van der Waals surface area contributed by atoms with Crippen LogP contribution in [0, 0.1) is 11.8 Å². The van der Waals surface area contributed by atoms with Crippen LogP contribution in [0.5, 0.6) is 0 Å². The highest BCUT2D eigenvalue weighted by molar-refractivity contribution is 5.97. The van der Waals surface area contributed by atoms with Gasteiger partial charge >= 0.3 is 5.97 Å². The largest absolute Gasteiger partial charge is 0.480 e. The highest BCUT2D eigenvalue weighted by Gasteiger charge is 2.34. The molecule has 59 heavy (non-hydrogen) atoms. The highest BCUT2D eigenvalue weighted by Crippen LogP contribution is 2.11. The molecule has 0 fully saturated rings. The van der Waals surface area contributed by atoms with E-state index in [9.17, 15) is 43.8 Å². The monoisotopic (exact) mass is 837 g/mol. The molecule has 24 heteroatoms. The first-order chi connectivity index (χ1) is 27.8. The summed E-state index contributed by atoms with van der Waals surface area (Å²) in [6.07, 6.45) is 3.14. The number of carboxylic acid groups (broad SMARTS) is 1. The molecule has 6 amide bonds. The molecule has 1 rings (SSSR count). The van der Waals surface area contributed by atoms with Gasteiger partial charge in [-0.3, -0.25) is 38.8 Å². The third kappa shape index (κ3) is 20.8. The standard InChI is InChI=1S/C35H63N15O9/c1-18(2)11-23(45-27(52)14-36)30(55)48-24(12-19(3)4)31(56)47-21(7-5-9-42-34(37)38)28(53)46-22(8-6-10-43-35(39)40)29(54)49-25(13-20-15-41-17-44-20)32(57)50-26(16-51)33(58)59/h15,17-19,21-26,51H,5-14,16,36H2,1-4H3,(H,41,44)(H,45,52)(H,46,53)(H,47,56)(H,48,55)(H,49,54)(H,50,57)(H,58,59)(H4,37,38,42)(H4,39,40,43)/t21-,22+,23-,24-,25-,26-/m0/s1. The molecule has 1 heterocycles. The Bertz CT molecular complexity index is 1580. The third-order valence-electron chi connectivity index (χ3n) is 8.45. The van der Waals surface area contributed by atoms with Gasteiger partial charge in [0.2, 0.25) is 35.4 Å². The number of amides is 6. The number of aliphatic imine (C=N–C) groups is 2. The predicted molar refractivity (Wildman–Crippen MR) is 216 cm³/mol. The van der Waals surface area contributed by atoms with E-state index in [-0.39, 0.29) is 88.3 Å². The number of imidazole rings is 1. The lowest BCUT2D eigenvalue weighted by molar-refractivity contribution is -0.143. The van der Waals surface area contributed by atoms with Crippen LogP contribution in [0.1, 0.15) is 71.9 Å². The van der Waals surface area contributed by atoms with Gasteiger partial charge in [0, 0.05) is 31.4 Å². The van der Waals surface area contributed by atoms with E-state index in [4.69, 9.17) is 28.7 Å². The molecule has 0 radical (unpaired) electrons. The van der Waals surface area contributed by atoms with E-state index in [2.05, 4.69) is 51.9 Å². The maximum atomic E-state index is 14.1. The molecule has 0 aliphatic rings. The normalized spacial score (nSPS) is 14.0. The first-order valence-corrected chi connectivity index (χ1v) is 19.2. The maximum Gasteiger partial charge on any atom is 0.328 e. The van der Waals surface area contributed by atoms with Crippen molar-refractivity contribution in [1.29, 1.82) is 0 Å². The van der Waals surface area contributed by atoms with Crippen molar-refractivity contribution in [2.45, 2.75) is 109 Å². The number of carboxylic acids is 1. The molecule has 332 valence electrons. The number of H-pyrrole nitrogens is 1. The minimum atomic E-state index is -1.68. The Kier molecular flexibility index (Phi) is 23.2. The number of nitrogens with one attached hydrogen (secondary N) is 7.